The lowest BCUT2D eigenvalue weighted by atomic mass is 9.91. The molecule has 1 aliphatic heterocycles. The fourth-order valence-corrected chi connectivity index (χ4v) is 3.21. The molecule has 2 aliphatic rings. The number of likely N-dealkylation sites (tertiary alicyclic amines) is 1. The molecule has 0 amide bonds. The Kier molecular flexibility index (Phi) is 4.81. The van der Waals surface area contributed by atoms with E-state index in [9.17, 15) is 4.79 Å². The van der Waals surface area contributed by atoms with Crippen LogP contribution in [-0.4, -0.2) is 63.4 Å². The number of esters is 1. The first-order chi connectivity index (χ1) is 9.16. The summed E-state index contributed by atoms with van der Waals surface area (Å²) in [4.78, 5) is 14.6. The van der Waals surface area contributed by atoms with Gasteiger partial charge in [0.25, 0.3) is 0 Å². The number of carbonyl (C=O) groups is 1. The number of carbonyl (C=O) groups excluding carboxylic acids is 1. The number of rotatable bonds is 6. The van der Waals surface area contributed by atoms with Crippen molar-refractivity contribution in [3.8, 4) is 0 Å². The molecule has 1 saturated carbocycles. The van der Waals surface area contributed by atoms with Crippen molar-refractivity contribution in [2.75, 3.05) is 40.9 Å². The number of methoxy groups -OCH3 is 2. The zero-order chi connectivity index (χ0) is 13.9. The van der Waals surface area contributed by atoms with E-state index in [-0.39, 0.29) is 5.97 Å². The van der Waals surface area contributed by atoms with Crippen LogP contribution in [0.5, 0.6) is 0 Å². The van der Waals surface area contributed by atoms with Gasteiger partial charge in [-0.3, -0.25) is 4.90 Å². The molecule has 0 aromatic heterocycles. The second-order valence-electron chi connectivity index (χ2n) is 5.72. The minimum absolute atomic E-state index is 0.128. The minimum atomic E-state index is -0.537. The standard InChI is InChI=1S/C14H26N2O3/c1-15-14(11-6-7-11,13(17)19-3)10-16-8-4-5-12(9-16)18-2/h11-12,15H,4-10H2,1-3H3. The van der Waals surface area contributed by atoms with Crippen LogP contribution in [0.3, 0.4) is 0 Å². The van der Waals surface area contributed by atoms with Crippen molar-refractivity contribution in [3.63, 3.8) is 0 Å². The third-order valence-electron chi connectivity index (χ3n) is 4.54. The van der Waals surface area contributed by atoms with E-state index in [1.165, 1.54) is 7.11 Å². The van der Waals surface area contributed by atoms with Gasteiger partial charge in [-0.2, -0.15) is 0 Å². The molecule has 0 spiro atoms. The Morgan fingerprint density at radius 1 is 1.37 bits per heavy atom. The zero-order valence-electron chi connectivity index (χ0n) is 12.3. The molecular weight excluding hydrogens is 244 g/mol. The van der Waals surface area contributed by atoms with E-state index in [4.69, 9.17) is 9.47 Å². The van der Waals surface area contributed by atoms with Crippen LogP contribution >= 0.6 is 0 Å². The van der Waals surface area contributed by atoms with E-state index in [2.05, 4.69) is 10.2 Å². The third-order valence-corrected chi connectivity index (χ3v) is 4.54. The molecule has 0 radical (unpaired) electrons. The first-order valence-corrected chi connectivity index (χ1v) is 7.18. The molecule has 1 aliphatic carbocycles. The van der Waals surface area contributed by atoms with Crippen molar-refractivity contribution in [2.24, 2.45) is 5.92 Å². The highest BCUT2D eigenvalue weighted by Crippen LogP contribution is 2.41. The Hall–Kier alpha value is -0.650. The van der Waals surface area contributed by atoms with Crippen LogP contribution in [0.2, 0.25) is 0 Å². The molecule has 1 saturated heterocycles. The first kappa shape index (κ1) is 14.8. The van der Waals surface area contributed by atoms with Crippen LogP contribution in [0.25, 0.3) is 0 Å². The van der Waals surface area contributed by atoms with Crippen LogP contribution in [0, 0.1) is 5.92 Å². The van der Waals surface area contributed by atoms with E-state index < -0.39 is 5.54 Å². The highest BCUT2D eigenvalue weighted by atomic mass is 16.5. The van der Waals surface area contributed by atoms with Gasteiger partial charge in [-0.05, 0) is 45.2 Å². The molecule has 1 N–H and O–H groups in total. The van der Waals surface area contributed by atoms with Gasteiger partial charge in [0, 0.05) is 20.2 Å². The molecule has 2 rings (SSSR count). The van der Waals surface area contributed by atoms with Crippen LogP contribution in [0.4, 0.5) is 0 Å². The summed E-state index contributed by atoms with van der Waals surface area (Å²) in [5.41, 5.74) is -0.537. The van der Waals surface area contributed by atoms with Gasteiger partial charge in [0.15, 0.2) is 0 Å². The van der Waals surface area contributed by atoms with Gasteiger partial charge in [-0.25, -0.2) is 4.79 Å². The van der Waals surface area contributed by atoms with Gasteiger partial charge < -0.3 is 14.8 Å². The number of likely N-dealkylation sites (N-methyl/N-ethyl adjacent to an activating group) is 1. The smallest absolute Gasteiger partial charge is 0.327 e. The van der Waals surface area contributed by atoms with Crippen LogP contribution in [0.1, 0.15) is 25.7 Å². The Bertz CT molecular complexity index is 320. The van der Waals surface area contributed by atoms with Crippen molar-refractivity contribution in [1.82, 2.24) is 10.2 Å². The number of nitrogens with one attached hydrogen (secondary N) is 1. The van der Waals surface area contributed by atoms with Gasteiger partial charge >= 0.3 is 5.97 Å². The fourth-order valence-electron chi connectivity index (χ4n) is 3.21. The van der Waals surface area contributed by atoms with Crippen molar-refractivity contribution < 1.29 is 14.3 Å². The van der Waals surface area contributed by atoms with E-state index >= 15 is 0 Å². The molecule has 2 fully saturated rings. The van der Waals surface area contributed by atoms with Gasteiger partial charge in [-0.15, -0.1) is 0 Å². The Morgan fingerprint density at radius 2 is 2.11 bits per heavy atom. The number of nitrogens with zero attached hydrogens (tertiary/aromatic N) is 1. The number of hydrogen-bond acceptors (Lipinski definition) is 5. The third kappa shape index (κ3) is 3.09. The molecule has 19 heavy (non-hydrogen) atoms. The summed E-state index contributed by atoms with van der Waals surface area (Å²) in [6, 6.07) is 0. The summed E-state index contributed by atoms with van der Waals surface area (Å²) in [7, 11) is 5.11. The predicted molar refractivity (Wildman–Crippen MR) is 73.0 cm³/mol. The molecule has 2 atom stereocenters. The lowest BCUT2D eigenvalue weighted by molar-refractivity contribution is -0.151. The Morgan fingerprint density at radius 3 is 2.63 bits per heavy atom. The lowest BCUT2D eigenvalue weighted by Gasteiger charge is -2.39. The molecule has 5 heteroatoms. The molecule has 2 unspecified atom stereocenters. The summed E-state index contributed by atoms with van der Waals surface area (Å²) in [6.45, 7) is 2.66. The van der Waals surface area contributed by atoms with Gasteiger partial charge in [0.2, 0.25) is 0 Å². The topological polar surface area (TPSA) is 50.8 Å². The SMILES string of the molecule is CNC(CN1CCCC(OC)C1)(C(=O)OC)C1CC1. The van der Waals surface area contributed by atoms with Gasteiger partial charge in [0.1, 0.15) is 5.54 Å². The summed E-state index contributed by atoms with van der Waals surface area (Å²) >= 11 is 0. The highest BCUT2D eigenvalue weighted by molar-refractivity contribution is 5.82. The van der Waals surface area contributed by atoms with Crippen molar-refractivity contribution in [1.29, 1.82) is 0 Å². The maximum Gasteiger partial charge on any atom is 0.327 e. The normalized spacial score (nSPS) is 27.8. The van der Waals surface area contributed by atoms with Gasteiger partial charge in [-0.1, -0.05) is 0 Å². The van der Waals surface area contributed by atoms with E-state index in [0.29, 0.717) is 12.0 Å². The first-order valence-electron chi connectivity index (χ1n) is 7.18. The molecule has 5 nitrogen and oxygen atoms in total. The maximum absolute atomic E-state index is 12.2. The number of ether oxygens (including phenoxy) is 2. The predicted octanol–water partition coefficient (Wildman–Crippen LogP) is 0.638. The number of hydrogen-bond donors (Lipinski definition) is 1. The van der Waals surface area contributed by atoms with Gasteiger partial charge in [0.05, 0.1) is 13.2 Å². The maximum atomic E-state index is 12.2. The average molecular weight is 270 g/mol. The average Bonchev–Trinajstić information content (AvgIpc) is 3.29. The van der Waals surface area contributed by atoms with Crippen LogP contribution < -0.4 is 5.32 Å². The van der Waals surface area contributed by atoms with E-state index in [1.807, 2.05) is 7.05 Å². The molecule has 110 valence electrons. The number of piperidine rings is 1. The monoisotopic (exact) mass is 270 g/mol. The molecule has 0 bridgehead atoms. The molecule has 0 aromatic rings. The zero-order valence-corrected chi connectivity index (χ0v) is 12.3. The summed E-state index contributed by atoms with van der Waals surface area (Å²) in [5.74, 6) is 0.282. The quantitative estimate of drug-likeness (QED) is 0.718. The lowest BCUT2D eigenvalue weighted by Crippen LogP contribution is -2.61. The summed E-state index contributed by atoms with van der Waals surface area (Å²) in [5, 5.41) is 3.25. The van der Waals surface area contributed by atoms with E-state index in [1.54, 1.807) is 7.11 Å². The van der Waals surface area contributed by atoms with Crippen LogP contribution in [0.15, 0.2) is 0 Å². The summed E-state index contributed by atoms with van der Waals surface area (Å²) < 4.78 is 10.5. The molecular formula is C14H26N2O3. The fraction of sp³-hybridized carbons (Fsp3) is 0.929. The Balaban J connectivity index is 2.05. The van der Waals surface area contributed by atoms with Crippen molar-refractivity contribution >= 4 is 5.97 Å². The largest absolute Gasteiger partial charge is 0.468 e. The summed E-state index contributed by atoms with van der Waals surface area (Å²) in [6.07, 6.45) is 4.75. The van der Waals surface area contributed by atoms with E-state index in [0.717, 1.165) is 45.3 Å². The van der Waals surface area contributed by atoms with Crippen LogP contribution in [-0.2, 0) is 14.3 Å². The Labute approximate surface area is 115 Å². The molecule has 0 aromatic carbocycles. The minimum Gasteiger partial charge on any atom is -0.468 e. The van der Waals surface area contributed by atoms with Crippen molar-refractivity contribution in [3.05, 3.63) is 0 Å². The highest BCUT2D eigenvalue weighted by Gasteiger charge is 2.52. The molecule has 1 heterocycles. The second kappa shape index (κ2) is 6.20. The van der Waals surface area contributed by atoms with Crippen molar-refractivity contribution in [2.45, 2.75) is 37.3 Å². The second-order valence-corrected chi connectivity index (χ2v) is 5.72.